The minimum atomic E-state index is -1.50. The summed E-state index contributed by atoms with van der Waals surface area (Å²) in [6.45, 7) is 10.9. The number of benzene rings is 2. The number of nitrogens with zero attached hydrogens (tertiary/aromatic N) is 7. The molecule has 67 heavy (non-hydrogen) atoms. The van der Waals surface area contributed by atoms with Crippen molar-refractivity contribution in [1.82, 2.24) is 35.5 Å². The van der Waals surface area contributed by atoms with Crippen molar-refractivity contribution in [2.24, 2.45) is 12.2 Å². The summed E-state index contributed by atoms with van der Waals surface area (Å²) < 4.78 is 19.0. The summed E-state index contributed by atoms with van der Waals surface area (Å²) in [5.74, 6) is -2.00. The van der Waals surface area contributed by atoms with Crippen molar-refractivity contribution in [3.8, 4) is 0 Å². The summed E-state index contributed by atoms with van der Waals surface area (Å²) in [5.41, 5.74) is -0.550. The lowest BCUT2D eigenvalue weighted by molar-refractivity contribution is -0.672. The molecule has 2 atom stereocenters. The highest BCUT2D eigenvalue weighted by Gasteiger charge is 2.56. The second-order valence-electron chi connectivity index (χ2n) is 18.0. The van der Waals surface area contributed by atoms with Gasteiger partial charge in [-0.1, -0.05) is 65.8 Å². The minimum Gasteiger partial charge on any atom is -1.00 e. The standard InChI is InChI=1S/C46H52N10O9S.ClH/c1-44(2,3)63-42(60)51-41-49-34(28-66-41)36(53-65-46(20-21-46)40(59)62-37(30-16-10-8-11-17-30)31-18-12-9-13-19-31)39(58)50-35-33(48-38(35)57)27-56-47-23-32(52-56)26-55(43(61)64-45(4,5)6)25-29-15-14-22-54(7)24-29;/h8-19,22-24,28,33,35,37H,20-21,25-27H2,1-7H3,(H2-,48,49,50,51,57,58,60);1H/t33-,35+;/m1./s1. The van der Waals surface area contributed by atoms with Crippen LogP contribution < -0.4 is 32.9 Å². The van der Waals surface area contributed by atoms with Gasteiger partial charge in [0.2, 0.25) is 11.5 Å². The molecule has 7 rings (SSSR count). The molecule has 0 bridgehead atoms. The zero-order valence-electron chi connectivity index (χ0n) is 38.1. The summed E-state index contributed by atoms with van der Waals surface area (Å²) in [6.07, 6.45) is 3.80. The molecule has 0 radical (unpaired) electrons. The molecule has 5 aromatic rings. The van der Waals surface area contributed by atoms with Crippen LogP contribution in [0.5, 0.6) is 0 Å². The lowest BCUT2D eigenvalue weighted by Gasteiger charge is -2.36. The lowest BCUT2D eigenvalue weighted by Crippen LogP contribution is -3.00. The van der Waals surface area contributed by atoms with Crippen LogP contribution in [0.25, 0.3) is 0 Å². The number of nitrogens with one attached hydrogen (secondary N) is 3. The molecule has 354 valence electrons. The highest BCUT2D eigenvalue weighted by atomic mass is 35.5. The van der Waals surface area contributed by atoms with E-state index in [0.717, 1.165) is 28.0 Å². The molecule has 1 saturated carbocycles. The van der Waals surface area contributed by atoms with Gasteiger partial charge in [0.05, 0.1) is 31.9 Å². The molecule has 0 spiro atoms. The minimum absolute atomic E-state index is 0. The second kappa shape index (κ2) is 20.7. The van der Waals surface area contributed by atoms with Crippen molar-refractivity contribution in [3.63, 3.8) is 0 Å². The van der Waals surface area contributed by atoms with Crippen LogP contribution in [-0.4, -0.2) is 89.4 Å². The summed E-state index contributed by atoms with van der Waals surface area (Å²) in [6, 6.07) is 20.6. The zero-order valence-corrected chi connectivity index (χ0v) is 39.7. The van der Waals surface area contributed by atoms with Crippen molar-refractivity contribution in [3.05, 3.63) is 125 Å². The normalized spacial score (nSPS) is 16.4. The van der Waals surface area contributed by atoms with Gasteiger partial charge < -0.3 is 42.1 Å². The number of anilines is 1. The van der Waals surface area contributed by atoms with Crippen LogP contribution in [0.3, 0.4) is 0 Å². The van der Waals surface area contributed by atoms with Gasteiger partial charge in [-0.25, -0.2) is 23.9 Å². The molecule has 21 heteroatoms. The number of oxime groups is 1. The first-order valence-corrected chi connectivity index (χ1v) is 22.2. The summed E-state index contributed by atoms with van der Waals surface area (Å²) in [5, 5.41) is 22.8. The van der Waals surface area contributed by atoms with Crippen LogP contribution in [0, 0.1) is 0 Å². The number of carbonyl (C=O) groups is 5. The average molecular weight is 958 g/mol. The van der Waals surface area contributed by atoms with Gasteiger partial charge in [-0.2, -0.15) is 15.0 Å². The predicted molar refractivity (Wildman–Crippen MR) is 239 cm³/mol. The van der Waals surface area contributed by atoms with Gasteiger partial charge in [0.25, 0.3) is 5.91 Å². The molecule has 4 amide bonds. The number of pyridine rings is 1. The molecule has 3 aromatic heterocycles. The maximum atomic E-state index is 14.2. The topological polar surface area (TPSA) is 221 Å². The smallest absolute Gasteiger partial charge is 0.413 e. The number of aromatic nitrogens is 5. The van der Waals surface area contributed by atoms with E-state index in [9.17, 15) is 24.0 Å². The van der Waals surface area contributed by atoms with Gasteiger partial charge in [-0.05, 0) is 58.7 Å². The van der Waals surface area contributed by atoms with Crippen LogP contribution >= 0.6 is 11.3 Å². The SMILES string of the molecule is C[n+]1cccc(CN(Cc2cnn(C[C@H]3NC(=O)[C@H]3NC(=O)C(=NOC3(C(=O)OC(c4ccccc4)c4ccccc4)CC3)c3csc(NC(=O)OC(C)(C)C)n3)n2)C(=O)OC(C)(C)C)c1.[Cl-]. The highest BCUT2D eigenvalue weighted by Crippen LogP contribution is 2.43. The molecular formula is C46H53ClN10O9S. The molecule has 1 aliphatic carbocycles. The number of esters is 1. The number of β-lactam (4-membered cyclic amide) rings is 1. The van der Waals surface area contributed by atoms with Crippen molar-refractivity contribution in [2.45, 2.75) is 109 Å². The number of amides is 4. The summed E-state index contributed by atoms with van der Waals surface area (Å²) >= 11 is 0.998. The Morgan fingerprint density at radius 3 is 2.21 bits per heavy atom. The van der Waals surface area contributed by atoms with Crippen LogP contribution in [0.4, 0.5) is 14.7 Å². The number of rotatable bonds is 16. The number of hydrogen-bond donors (Lipinski definition) is 3. The Morgan fingerprint density at radius 1 is 0.955 bits per heavy atom. The van der Waals surface area contributed by atoms with Gasteiger partial charge in [-0.3, -0.25) is 19.8 Å². The Hall–Kier alpha value is -6.93. The number of carbonyl (C=O) groups excluding carboxylic acids is 5. The molecule has 1 aliphatic heterocycles. The third-order valence-electron chi connectivity index (χ3n) is 10.0. The van der Waals surface area contributed by atoms with Gasteiger partial charge >= 0.3 is 18.2 Å². The first-order valence-electron chi connectivity index (χ1n) is 21.3. The average Bonchev–Trinajstić information content (AvgIpc) is 3.69. The predicted octanol–water partition coefficient (Wildman–Crippen LogP) is 2.12. The third-order valence-corrected chi connectivity index (χ3v) is 10.8. The van der Waals surface area contributed by atoms with E-state index >= 15 is 0 Å². The van der Waals surface area contributed by atoms with E-state index in [1.54, 1.807) is 41.5 Å². The first kappa shape index (κ1) is 49.5. The van der Waals surface area contributed by atoms with E-state index in [-0.39, 0.29) is 61.4 Å². The van der Waals surface area contributed by atoms with E-state index in [1.165, 1.54) is 21.3 Å². The van der Waals surface area contributed by atoms with Crippen molar-refractivity contribution in [2.75, 3.05) is 5.32 Å². The Labute approximate surface area is 397 Å². The molecule has 2 fully saturated rings. The first-order chi connectivity index (χ1) is 31.3. The molecule has 1 saturated heterocycles. The molecule has 4 heterocycles. The number of hydrogen-bond acceptors (Lipinski definition) is 14. The number of aryl methyl sites for hydroxylation is 1. The van der Waals surface area contributed by atoms with Gasteiger partial charge in [0.15, 0.2) is 29.3 Å². The Kier molecular flexibility index (Phi) is 15.3. The molecule has 3 N–H and O–H groups in total. The quantitative estimate of drug-likeness (QED) is 0.0324. The Morgan fingerprint density at radius 2 is 1.61 bits per heavy atom. The van der Waals surface area contributed by atoms with Crippen LogP contribution in [0.1, 0.15) is 88.6 Å². The van der Waals surface area contributed by atoms with E-state index in [4.69, 9.17) is 19.0 Å². The maximum Gasteiger partial charge on any atom is 0.413 e. The van der Waals surface area contributed by atoms with Gasteiger partial charge in [0.1, 0.15) is 35.7 Å². The van der Waals surface area contributed by atoms with Crippen molar-refractivity contribution < 1.29 is 60.0 Å². The molecular weight excluding hydrogens is 904 g/mol. The Balaban J connectivity index is 0.00000741. The number of ether oxygens (including phenoxy) is 3. The van der Waals surface area contributed by atoms with Crippen LogP contribution in [0.2, 0.25) is 0 Å². The van der Waals surface area contributed by atoms with E-state index in [0.29, 0.717) is 5.69 Å². The van der Waals surface area contributed by atoms with Crippen LogP contribution in [0.15, 0.2) is 102 Å². The second-order valence-corrected chi connectivity index (χ2v) is 18.8. The molecule has 0 unspecified atom stereocenters. The summed E-state index contributed by atoms with van der Waals surface area (Å²) in [7, 11) is 1.89. The summed E-state index contributed by atoms with van der Waals surface area (Å²) in [4.78, 5) is 80.2. The molecule has 2 aliphatic rings. The fourth-order valence-corrected chi connectivity index (χ4v) is 7.40. The number of thiazole rings is 1. The van der Waals surface area contributed by atoms with Gasteiger partial charge in [-0.15, -0.1) is 11.3 Å². The maximum absolute atomic E-state index is 14.2. The molecule has 19 nitrogen and oxygen atoms in total. The fourth-order valence-electron chi connectivity index (χ4n) is 6.72. The molecule has 2 aromatic carbocycles. The highest BCUT2D eigenvalue weighted by molar-refractivity contribution is 7.14. The van der Waals surface area contributed by atoms with E-state index < -0.39 is 65.0 Å². The number of halogens is 1. The largest absolute Gasteiger partial charge is 1.00 e. The van der Waals surface area contributed by atoms with Crippen molar-refractivity contribution in [1.29, 1.82) is 0 Å². The lowest BCUT2D eigenvalue weighted by atomic mass is 9.98. The van der Waals surface area contributed by atoms with E-state index in [1.807, 2.05) is 96.8 Å². The van der Waals surface area contributed by atoms with Crippen molar-refractivity contribution >= 4 is 52.2 Å². The zero-order chi connectivity index (χ0) is 47.2. The van der Waals surface area contributed by atoms with Crippen LogP contribution in [-0.2, 0) is 60.1 Å². The van der Waals surface area contributed by atoms with Gasteiger partial charge in [0, 0.05) is 29.9 Å². The third kappa shape index (κ3) is 13.3. The van der Waals surface area contributed by atoms with E-state index in [2.05, 4.69) is 36.3 Å². The fraction of sp³-hybridized carbons (Fsp3) is 0.391. The Bertz CT molecular complexity index is 2550. The monoisotopic (exact) mass is 956 g/mol.